The number of carbonyl (C=O) groups excluding carboxylic acids is 1. The molecule has 0 radical (unpaired) electrons. The van der Waals surface area contributed by atoms with E-state index in [1.165, 1.54) is 5.57 Å². The summed E-state index contributed by atoms with van der Waals surface area (Å²) in [6.07, 6.45) is 5.83. The summed E-state index contributed by atoms with van der Waals surface area (Å²) in [7, 11) is -1.78. The van der Waals surface area contributed by atoms with Crippen LogP contribution in [0.4, 0.5) is 0 Å². The summed E-state index contributed by atoms with van der Waals surface area (Å²) in [6.45, 7) is 8.51. The van der Waals surface area contributed by atoms with Crippen LogP contribution in [0.15, 0.2) is 11.6 Å². The standard InChI is InChI=1S/C14H24O3Si/c1-13-7-6-12(16)9-11(13)5-8-14(13,10-15)17-18(2,3)4/h9-10,12,16H,5-8H2,1-4H3/t12-,13-,14+/m1/s1. The summed E-state index contributed by atoms with van der Waals surface area (Å²) in [5, 5.41) is 9.75. The first-order valence-electron chi connectivity index (χ1n) is 6.78. The predicted octanol–water partition coefficient (Wildman–Crippen LogP) is 2.66. The molecule has 18 heavy (non-hydrogen) atoms. The number of rotatable bonds is 3. The van der Waals surface area contributed by atoms with Gasteiger partial charge < -0.3 is 14.3 Å². The zero-order valence-electron chi connectivity index (χ0n) is 11.8. The molecule has 0 aliphatic heterocycles. The molecule has 1 fully saturated rings. The molecule has 0 spiro atoms. The lowest BCUT2D eigenvalue weighted by Crippen LogP contribution is -2.53. The maximum Gasteiger partial charge on any atom is 0.185 e. The van der Waals surface area contributed by atoms with Gasteiger partial charge in [-0.1, -0.05) is 18.6 Å². The van der Waals surface area contributed by atoms with Crippen LogP contribution in [0.3, 0.4) is 0 Å². The molecule has 4 heteroatoms. The molecule has 1 saturated carbocycles. The van der Waals surface area contributed by atoms with Crippen molar-refractivity contribution < 1.29 is 14.3 Å². The van der Waals surface area contributed by atoms with E-state index in [4.69, 9.17) is 4.43 Å². The van der Waals surface area contributed by atoms with Gasteiger partial charge in [0, 0.05) is 5.41 Å². The SMILES string of the molecule is C[C@@]12CC[C@@H](O)C=C1CC[C@@]2(C=O)O[Si](C)(C)C. The number of carbonyl (C=O) groups is 1. The van der Waals surface area contributed by atoms with Gasteiger partial charge in [0.05, 0.1) is 6.10 Å². The molecule has 0 aromatic carbocycles. The molecular formula is C14H24O3Si. The van der Waals surface area contributed by atoms with E-state index < -0.39 is 13.9 Å². The molecule has 0 heterocycles. The van der Waals surface area contributed by atoms with Crippen LogP contribution in [0, 0.1) is 5.41 Å². The number of aliphatic hydroxyl groups is 1. The summed E-state index contributed by atoms with van der Waals surface area (Å²) in [6, 6.07) is 0. The van der Waals surface area contributed by atoms with Crippen molar-refractivity contribution in [3.63, 3.8) is 0 Å². The lowest BCUT2D eigenvalue weighted by molar-refractivity contribution is -0.130. The van der Waals surface area contributed by atoms with Crippen LogP contribution in [0.25, 0.3) is 0 Å². The van der Waals surface area contributed by atoms with Crippen LogP contribution in [0.5, 0.6) is 0 Å². The minimum atomic E-state index is -1.78. The fourth-order valence-electron chi connectivity index (χ4n) is 3.46. The zero-order chi connectivity index (χ0) is 13.6. The Morgan fingerprint density at radius 2 is 2.11 bits per heavy atom. The first-order chi connectivity index (χ1) is 8.22. The van der Waals surface area contributed by atoms with Crippen LogP contribution < -0.4 is 0 Å². The van der Waals surface area contributed by atoms with Gasteiger partial charge in [0.1, 0.15) is 5.60 Å². The van der Waals surface area contributed by atoms with E-state index in [1.54, 1.807) is 0 Å². The Bertz CT molecular complexity index is 385. The zero-order valence-corrected chi connectivity index (χ0v) is 12.8. The van der Waals surface area contributed by atoms with Crippen LogP contribution >= 0.6 is 0 Å². The normalized spacial score (nSPS) is 40.3. The summed E-state index contributed by atoms with van der Waals surface area (Å²) in [5.74, 6) is 0. The van der Waals surface area contributed by atoms with Crippen LogP contribution in [-0.4, -0.2) is 31.4 Å². The van der Waals surface area contributed by atoms with Crippen molar-refractivity contribution >= 4 is 14.6 Å². The Kier molecular flexibility index (Phi) is 3.33. The number of hydrogen-bond donors (Lipinski definition) is 1. The number of hydrogen-bond acceptors (Lipinski definition) is 3. The quantitative estimate of drug-likeness (QED) is 0.486. The third-order valence-corrected chi connectivity index (χ3v) is 5.40. The second-order valence-electron chi connectivity index (χ2n) is 6.85. The molecule has 0 aromatic heterocycles. The molecule has 3 atom stereocenters. The van der Waals surface area contributed by atoms with Gasteiger partial charge in [0.25, 0.3) is 0 Å². The minimum Gasteiger partial charge on any atom is -0.405 e. The summed E-state index contributed by atoms with van der Waals surface area (Å²) in [4.78, 5) is 11.8. The number of fused-ring (bicyclic) bond motifs is 1. The first-order valence-corrected chi connectivity index (χ1v) is 10.2. The summed E-state index contributed by atoms with van der Waals surface area (Å²) in [5.41, 5.74) is 0.337. The molecule has 0 bridgehead atoms. The lowest BCUT2D eigenvalue weighted by atomic mass is 9.68. The monoisotopic (exact) mass is 268 g/mol. The third-order valence-electron chi connectivity index (χ3n) is 4.42. The fourth-order valence-corrected chi connectivity index (χ4v) is 4.93. The highest BCUT2D eigenvalue weighted by Gasteiger charge is 2.57. The molecular weight excluding hydrogens is 244 g/mol. The average Bonchev–Trinajstić information content (AvgIpc) is 2.52. The van der Waals surface area contributed by atoms with Gasteiger partial charge in [0.15, 0.2) is 14.6 Å². The van der Waals surface area contributed by atoms with Crippen molar-refractivity contribution in [3.05, 3.63) is 11.6 Å². The molecule has 0 amide bonds. The topological polar surface area (TPSA) is 46.5 Å². The lowest BCUT2D eigenvalue weighted by Gasteiger charge is -2.46. The Morgan fingerprint density at radius 3 is 2.67 bits per heavy atom. The smallest absolute Gasteiger partial charge is 0.185 e. The Labute approximate surface area is 110 Å². The largest absolute Gasteiger partial charge is 0.405 e. The second-order valence-corrected chi connectivity index (χ2v) is 11.3. The molecule has 1 N–H and O–H groups in total. The molecule has 102 valence electrons. The molecule has 0 saturated heterocycles. The Morgan fingerprint density at radius 1 is 1.44 bits per heavy atom. The minimum absolute atomic E-state index is 0.214. The highest BCUT2D eigenvalue weighted by Crippen LogP contribution is 2.56. The van der Waals surface area contributed by atoms with E-state index in [2.05, 4.69) is 26.6 Å². The van der Waals surface area contributed by atoms with E-state index >= 15 is 0 Å². The van der Waals surface area contributed by atoms with Crippen LogP contribution in [0.2, 0.25) is 19.6 Å². The molecule has 2 aliphatic carbocycles. The van der Waals surface area contributed by atoms with Gasteiger partial charge in [0.2, 0.25) is 0 Å². The van der Waals surface area contributed by atoms with Crippen molar-refractivity contribution in [1.82, 2.24) is 0 Å². The second kappa shape index (κ2) is 4.29. The van der Waals surface area contributed by atoms with Crippen molar-refractivity contribution in [3.8, 4) is 0 Å². The van der Waals surface area contributed by atoms with E-state index in [0.717, 1.165) is 32.0 Å². The van der Waals surface area contributed by atoms with Crippen molar-refractivity contribution in [1.29, 1.82) is 0 Å². The van der Waals surface area contributed by atoms with Crippen LogP contribution in [0.1, 0.15) is 32.6 Å². The van der Waals surface area contributed by atoms with Gasteiger partial charge in [-0.05, 0) is 45.3 Å². The van der Waals surface area contributed by atoms with Gasteiger partial charge in [-0.15, -0.1) is 0 Å². The van der Waals surface area contributed by atoms with Gasteiger partial charge in [-0.2, -0.15) is 0 Å². The highest BCUT2D eigenvalue weighted by molar-refractivity contribution is 6.70. The maximum absolute atomic E-state index is 11.8. The van der Waals surface area contributed by atoms with Gasteiger partial charge in [-0.25, -0.2) is 0 Å². The van der Waals surface area contributed by atoms with Gasteiger partial charge in [-0.3, -0.25) is 0 Å². The van der Waals surface area contributed by atoms with E-state index in [0.29, 0.717) is 0 Å². The summed E-state index contributed by atoms with van der Waals surface area (Å²) < 4.78 is 6.29. The predicted molar refractivity (Wildman–Crippen MR) is 73.9 cm³/mol. The van der Waals surface area contributed by atoms with Crippen molar-refractivity contribution in [2.24, 2.45) is 5.41 Å². The van der Waals surface area contributed by atoms with E-state index in [1.807, 2.05) is 6.08 Å². The molecule has 2 aliphatic rings. The molecule has 0 unspecified atom stereocenters. The number of aliphatic hydroxyl groups excluding tert-OH is 1. The highest BCUT2D eigenvalue weighted by atomic mass is 28.4. The molecule has 0 aromatic rings. The molecule has 3 nitrogen and oxygen atoms in total. The Balaban J connectivity index is 2.39. The molecule has 2 rings (SSSR count). The number of aldehydes is 1. The van der Waals surface area contributed by atoms with Crippen LogP contribution in [-0.2, 0) is 9.22 Å². The first kappa shape index (κ1) is 14.0. The van der Waals surface area contributed by atoms with Gasteiger partial charge >= 0.3 is 0 Å². The van der Waals surface area contributed by atoms with E-state index in [9.17, 15) is 9.90 Å². The van der Waals surface area contributed by atoms with E-state index in [-0.39, 0.29) is 11.5 Å². The third kappa shape index (κ3) is 2.10. The Hall–Kier alpha value is -0.453. The van der Waals surface area contributed by atoms with Crippen molar-refractivity contribution in [2.45, 2.75) is 64.0 Å². The average molecular weight is 268 g/mol. The maximum atomic E-state index is 11.8. The van der Waals surface area contributed by atoms with Crippen molar-refractivity contribution in [2.75, 3.05) is 0 Å². The summed E-state index contributed by atoms with van der Waals surface area (Å²) >= 11 is 0. The fraction of sp³-hybridized carbons (Fsp3) is 0.786.